The number of nitrogens with one attached hydrogen (secondary N) is 1. The molecular formula is C15H16N6OS. The predicted octanol–water partition coefficient (Wildman–Crippen LogP) is 2.28. The molecule has 0 bridgehead atoms. The van der Waals surface area contributed by atoms with Gasteiger partial charge in [-0.05, 0) is 25.5 Å². The highest BCUT2D eigenvalue weighted by atomic mass is 32.2. The molecule has 7 nitrogen and oxygen atoms in total. The van der Waals surface area contributed by atoms with Crippen molar-refractivity contribution in [3.63, 3.8) is 0 Å². The number of thioether (sulfide) groups is 1. The van der Waals surface area contributed by atoms with E-state index in [1.807, 2.05) is 38.1 Å². The van der Waals surface area contributed by atoms with Gasteiger partial charge in [-0.2, -0.15) is 0 Å². The zero-order valence-corrected chi connectivity index (χ0v) is 13.7. The van der Waals surface area contributed by atoms with Crippen LogP contribution in [-0.4, -0.2) is 36.6 Å². The van der Waals surface area contributed by atoms with Crippen LogP contribution in [0.3, 0.4) is 0 Å². The van der Waals surface area contributed by atoms with Crippen LogP contribution in [0, 0.1) is 6.92 Å². The molecule has 0 saturated heterocycles. The summed E-state index contributed by atoms with van der Waals surface area (Å²) in [6.07, 6.45) is 1.47. The lowest BCUT2D eigenvalue weighted by atomic mass is 10.2. The molecule has 3 aromatic rings. The summed E-state index contributed by atoms with van der Waals surface area (Å²) in [6, 6.07) is 7.68. The highest BCUT2D eigenvalue weighted by molar-refractivity contribution is 8.00. The topological polar surface area (TPSA) is 85.6 Å². The molecule has 0 aliphatic carbocycles. The molecule has 0 radical (unpaired) electrons. The molecule has 1 amide bonds. The normalized spacial score (nSPS) is 10.9. The fraction of sp³-hybridized carbons (Fsp3) is 0.267. The summed E-state index contributed by atoms with van der Waals surface area (Å²) >= 11 is 1.33. The van der Waals surface area contributed by atoms with Crippen LogP contribution < -0.4 is 5.32 Å². The maximum absolute atomic E-state index is 12.1. The summed E-state index contributed by atoms with van der Waals surface area (Å²) in [5.74, 6) is 0.165. The van der Waals surface area contributed by atoms with Crippen molar-refractivity contribution in [3.05, 3.63) is 36.2 Å². The molecular weight excluding hydrogens is 312 g/mol. The van der Waals surface area contributed by atoms with Gasteiger partial charge in [0.05, 0.1) is 5.75 Å². The summed E-state index contributed by atoms with van der Waals surface area (Å²) < 4.78 is 1.70. The third kappa shape index (κ3) is 3.31. The smallest absolute Gasteiger partial charge is 0.234 e. The zero-order chi connectivity index (χ0) is 16.2. The van der Waals surface area contributed by atoms with Gasteiger partial charge < -0.3 is 5.32 Å². The molecule has 0 saturated carbocycles. The van der Waals surface area contributed by atoms with Gasteiger partial charge in [0.1, 0.15) is 11.4 Å². The maximum Gasteiger partial charge on any atom is 0.234 e. The molecule has 0 fully saturated rings. The Morgan fingerprint density at radius 1 is 1.30 bits per heavy atom. The average Bonchev–Trinajstić information content (AvgIpc) is 2.99. The second-order valence-electron chi connectivity index (χ2n) is 4.91. The van der Waals surface area contributed by atoms with Gasteiger partial charge in [-0.15, -0.1) is 5.10 Å². The SMILES string of the molecule is CCn1nnc2c(SCC(=O)Nc3ccccc3C)ncnc21. The number of carbonyl (C=O) groups excluding carboxylic acids is 1. The molecule has 1 N–H and O–H groups in total. The number of aromatic nitrogens is 5. The summed E-state index contributed by atoms with van der Waals surface area (Å²) in [5.41, 5.74) is 3.16. The van der Waals surface area contributed by atoms with Gasteiger partial charge in [-0.25, -0.2) is 14.6 Å². The van der Waals surface area contributed by atoms with E-state index in [0.29, 0.717) is 22.7 Å². The molecule has 23 heavy (non-hydrogen) atoms. The molecule has 3 rings (SSSR count). The van der Waals surface area contributed by atoms with Crippen molar-refractivity contribution < 1.29 is 4.79 Å². The van der Waals surface area contributed by atoms with Crippen LogP contribution in [0.1, 0.15) is 12.5 Å². The van der Waals surface area contributed by atoms with Crippen molar-refractivity contribution in [2.24, 2.45) is 0 Å². The largest absolute Gasteiger partial charge is 0.325 e. The van der Waals surface area contributed by atoms with Gasteiger partial charge in [0.2, 0.25) is 5.91 Å². The first kappa shape index (κ1) is 15.4. The monoisotopic (exact) mass is 328 g/mol. The number of rotatable bonds is 5. The molecule has 0 aliphatic heterocycles. The van der Waals surface area contributed by atoms with Crippen molar-refractivity contribution in [1.29, 1.82) is 0 Å². The van der Waals surface area contributed by atoms with E-state index >= 15 is 0 Å². The van der Waals surface area contributed by atoms with Crippen molar-refractivity contribution >= 4 is 34.5 Å². The first-order valence-electron chi connectivity index (χ1n) is 7.21. The predicted molar refractivity (Wildman–Crippen MR) is 89.3 cm³/mol. The standard InChI is InChI=1S/C15H16N6OS/c1-3-21-14-13(19-20-21)15(17-9-16-14)23-8-12(22)18-11-7-5-4-6-10(11)2/h4-7,9H,3,8H2,1-2H3,(H,18,22). The molecule has 8 heteroatoms. The Labute approximate surface area is 137 Å². The second-order valence-corrected chi connectivity index (χ2v) is 5.87. The van der Waals surface area contributed by atoms with E-state index in [1.165, 1.54) is 18.1 Å². The van der Waals surface area contributed by atoms with Crippen LogP contribution in [0.15, 0.2) is 35.6 Å². The second kappa shape index (κ2) is 6.74. The molecule has 0 unspecified atom stereocenters. The number of hydrogen-bond acceptors (Lipinski definition) is 6. The minimum absolute atomic E-state index is 0.0843. The Morgan fingerprint density at radius 2 is 2.13 bits per heavy atom. The van der Waals surface area contributed by atoms with E-state index in [9.17, 15) is 4.79 Å². The van der Waals surface area contributed by atoms with Crippen molar-refractivity contribution in [2.75, 3.05) is 11.1 Å². The van der Waals surface area contributed by atoms with Crippen LogP contribution >= 0.6 is 11.8 Å². The summed E-state index contributed by atoms with van der Waals surface area (Å²) in [6.45, 7) is 4.61. The Morgan fingerprint density at radius 3 is 2.91 bits per heavy atom. The highest BCUT2D eigenvalue weighted by Gasteiger charge is 2.13. The van der Waals surface area contributed by atoms with E-state index in [2.05, 4.69) is 25.6 Å². The van der Waals surface area contributed by atoms with Crippen LogP contribution in [0.4, 0.5) is 5.69 Å². The van der Waals surface area contributed by atoms with E-state index in [0.717, 1.165) is 11.3 Å². The Bertz CT molecular complexity index is 847. The average molecular weight is 328 g/mol. The lowest BCUT2D eigenvalue weighted by Gasteiger charge is -2.07. The minimum Gasteiger partial charge on any atom is -0.325 e. The third-order valence-electron chi connectivity index (χ3n) is 3.33. The number of fused-ring (bicyclic) bond motifs is 1. The number of carbonyl (C=O) groups is 1. The minimum atomic E-state index is -0.0843. The van der Waals surface area contributed by atoms with Crippen molar-refractivity contribution in [3.8, 4) is 0 Å². The van der Waals surface area contributed by atoms with E-state index in [-0.39, 0.29) is 11.7 Å². The molecule has 2 aromatic heterocycles. The van der Waals surface area contributed by atoms with Gasteiger partial charge in [0.15, 0.2) is 11.2 Å². The molecule has 2 heterocycles. The van der Waals surface area contributed by atoms with Crippen LogP contribution in [0.25, 0.3) is 11.2 Å². The van der Waals surface area contributed by atoms with Gasteiger partial charge in [0, 0.05) is 12.2 Å². The third-order valence-corrected chi connectivity index (χ3v) is 4.30. The van der Waals surface area contributed by atoms with Crippen LogP contribution in [-0.2, 0) is 11.3 Å². The van der Waals surface area contributed by atoms with E-state index in [1.54, 1.807) is 4.68 Å². The summed E-state index contributed by atoms with van der Waals surface area (Å²) in [4.78, 5) is 20.5. The first-order valence-corrected chi connectivity index (χ1v) is 8.20. The molecule has 0 atom stereocenters. The van der Waals surface area contributed by atoms with Gasteiger partial charge in [-0.1, -0.05) is 35.2 Å². The fourth-order valence-electron chi connectivity index (χ4n) is 2.12. The number of nitrogens with zero attached hydrogens (tertiary/aromatic N) is 5. The fourth-order valence-corrected chi connectivity index (χ4v) is 2.85. The molecule has 0 aliphatic rings. The zero-order valence-electron chi connectivity index (χ0n) is 12.9. The maximum atomic E-state index is 12.1. The first-order chi connectivity index (χ1) is 11.2. The van der Waals surface area contributed by atoms with Crippen molar-refractivity contribution in [1.82, 2.24) is 25.0 Å². The number of anilines is 1. The molecule has 118 valence electrons. The lowest BCUT2D eigenvalue weighted by Crippen LogP contribution is -2.14. The summed E-state index contributed by atoms with van der Waals surface area (Å²) in [5, 5.41) is 11.7. The Hall–Kier alpha value is -2.48. The number of amides is 1. The Kier molecular flexibility index (Phi) is 4.52. The molecule has 1 aromatic carbocycles. The van der Waals surface area contributed by atoms with E-state index < -0.39 is 0 Å². The van der Waals surface area contributed by atoms with Crippen molar-refractivity contribution in [2.45, 2.75) is 25.4 Å². The number of hydrogen-bond donors (Lipinski definition) is 1. The summed E-state index contributed by atoms with van der Waals surface area (Å²) in [7, 11) is 0. The highest BCUT2D eigenvalue weighted by Crippen LogP contribution is 2.22. The lowest BCUT2D eigenvalue weighted by molar-refractivity contribution is -0.113. The number of para-hydroxylation sites is 1. The quantitative estimate of drug-likeness (QED) is 0.571. The van der Waals surface area contributed by atoms with Crippen LogP contribution in [0.2, 0.25) is 0 Å². The van der Waals surface area contributed by atoms with E-state index in [4.69, 9.17) is 0 Å². The van der Waals surface area contributed by atoms with Crippen LogP contribution in [0.5, 0.6) is 0 Å². The number of aryl methyl sites for hydroxylation is 2. The molecule has 0 spiro atoms. The van der Waals surface area contributed by atoms with Gasteiger partial charge in [0.25, 0.3) is 0 Å². The Balaban J connectivity index is 1.70. The van der Waals surface area contributed by atoms with Gasteiger partial charge in [-0.3, -0.25) is 4.79 Å². The number of benzene rings is 1. The van der Waals surface area contributed by atoms with Gasteiger partial charge >= 0.3 is 0 Å².